The first kappa shape index (κ1) is 13.3. The molecule has 2 aliphatic heterocycles. The molecule has 2 N–H and O–H groups in total. The first-order valence-corrected chi connectivity index (χ1v) is 6.98. The number of hydrogen-bond donors (Lipinski definition) is 2. The minimum atomic E-state index is -0.189. The molecular formula is C13H27N3O. The SMILES string of the molecule is CC1CN(CC(O)CN2CCNCC2)CC1C. The molecule has 4 heteroatoms. The van der Waals surface area contributed by atoms with Crippen LogP contribution in [0.2, 0.25) is 0 Å². The summed E-state index contributed by atoms with van der Waals surface area (Å²) < 4.78 is 0. The van der Waals surface area contributed by atoms with E-state index >= 15 is 0 Å². The third kappa shape index (κ3) is 3.91. The van der Waals surface area contributed by atoms with Crippen molar-refractivity contribution in [3.8, 4) is 0 Å². The van der Waals surface area contributed by atoms with Crippen LogP contribution in [0.25, 0.3) is 0 Å². The molecule has 0 aliphatic carbocycles. The van der Waals surface area contributed by atoms with E-state index in [1.54, 1.807) is 0 Å². The number of aliphatic hydroxyl groups excluding tert-OH is 1. The van der Waals surface area contributed by atoms with Gasteiger partial charge in [-0.25, -0.2) is 0 Å². The van der Waals surface area contributed by atoms with Crippen molar-refractivity contribution in [3.63, 3.8) is 0 Å². The monoisotopic (exact) mass is 241 g/mol. The zero-order valence-electron chi connectivity index (χ0n) is 11.2. The Labute approximate surface area is 105 Å². The summed E-state index contributed by atoms with van der Waals surface area (Å²) in [6.07, 6.45) is -0.189. The van der Waals surface area contributed by atoms with Crippen molar-refractivity contribution in [1.29, 1.82) is 0 Å². The molecule has 2 saturated heterocycles. The molecule has 0 amide bonds. The van der Waals surface area contributed by atoms with Crippen molar-refractivity contribution in [2.45, 2.75) is 20.0 Å². The van der Waals surface area contributed by atoms with Crippen molar-refractivity contribution < 1.29 is 5.11 Å². The molecule has 3 atom stereocenters. The van der Waals surface area contributed by atoms with Gasteiger partial charge in [-0.05, 0) is 11.8 Å². The Hall–Kier alpha value is -0.160. The van der Waals surface area contributed by atoms with Gasteiger partial charge in [0.15, 0.2) is 0 Å². The average molecular weight is 241 g/mol. The lowest BCUT2D eigenvalue weighted by Gasteiger charge is -2.30. The highest BCUT2D eigenvalue weighted by Gasteiger charge is 2.27. The summed E-state index contributed by atoms with van der Waals surface area (Å²) >= 11 is 0. The molecule has 0 spiro atoms. The minimum absolute atomic E-state index is 0.189. The molecular weight excluding hydrogens is 214 g/mol. The maximum Gasteiger partial charge on any atom is 0.0793 e. The quantitative estimate of drug-likeness (QED) is 0.717. The van der Waals surface area contributed by atoms with Gasteiger partial charge in [0.1, 0.15) is 0 Å². The summed E-state index contributed by atoms with van der Waals surface area (Å²) in [6, 6.07) is 0. The highest BCUT2D eigenvalue weighted by Crippen LogP contribution is 2.21. The number of rotatable bonds is 4. The summed E-state index contributed by atoms with van der Waals surface area (Å²) in [5.74, 6) is 1.56. The fourth-order valence-electron chi connectivity index (χ4n) is 2.95. The molecule has 3 unspecified atom stereocenters. The summed E-state index contributed by atoms with van der Waals surface area (Å²) in [4.78, 5) is 4.78. The highest BCUT2D eigenvalue weighted by atomic mass is 16.3. The van der Waals surface area contributed by atoms with Crippen LogP contribution in [0, 0.1) is 11.8 Å². The fraction of sp³-hybridized carbons (Fsp3) is 1.00. The summed E-state index contributed by atoms with van der Waals surface area (Å²) in [5.41, 5.74) is 0. The summed E-state index contributed by atoms with van der Waals surface area (Å²) in [5, 5.41) is 13.5. The van der Waals surface area contributed by atoms with Gasteiger partial charge in [-0.1, -0.05) is 13.8 Å². The van der Waals surface area contributed by atoms with Crippen LogP contribution in [-0.2, 0) is 0 Å². The molecule has 0 radical (unpaired) electrons. The van der Waals surface area contributed by atoms with Crippen LogP contribution < -0.4 is 5.32 Å². The molecule has 2 fully saturated rings. The second kappa shape index (κ2) is 6.14. The Bertz CT molecular complexity index is 221. The van der Waals surface area contributed by atoms with Crippen molar-refractivity contribution in [2.75, 3.05) is 52.4 Å². The number of hydrogen-bond acceptors (Lipinski definition) is 4. The van der Waals surface area contributed by atoms with Gasteiger partial charge in [0.2, 0.25) is 0 Å². The Morgan fingerprint density at radius 3 is 2.18 bits per heavy atom. The van der Waals surface area contributed by atoms with Crippen LogP contribution in [0.3, 0.4) is 0 Å². The molecule has 0 saturated carbocycles. The molecule has 0 aromatic rings. The highest BCUT2D eigenvalue weighted by molar-refractivity contribution is 4.81. The van der Waals surface area contributed by atoms with Gasteiger partial charge in [0.25, 0.3) is 0 Å². The van der Waals surface area contributed by atoms with Gasteiger partial charge in [0.05, 0.1) is 6.10 Å². The smallest absolute Gasteiger partial charge is 0.0793 e. The van der Waals surface area contributed by atoms with Crippen LogP contribution in [0.4, 0.5) is 0 Å². The van der Waals surface area contributed by atoms with E-state index in [-0.39, 0.29) is 6.10 Å². The molecule has 17 heavy (non-hydrogen) atoms. The van der Waals surface area contributed by atoms with Crippen LogP contribution in [0.15, 0.2) is 0 Å². The molecule has 2 aliphatic rings. The topological polar surface area (TPSA) is 38.7 Å². The molecule has 4 nitrogen and oxygen atoms in total. The molecule has 2 rings (SSSR count). The lowest BCUT2D eigenvalue weighted by molar-refractivity contribution is 0.0751. The average Bonchev–Trinajstić information content (AvgIpc) is 2.59. The molecule has 0 aromatic carbocycles. The lowest BCUT2D eigenvalue weighted by Crippen LogP contribution is -2.48. The van der Waals surface area contributed by atoms with E-state index < -0.39 is 0 Å². The molecule has 0 aromatic heterocycles. The van der Waals surface area contributed by atoms with Gasteiger partial charge in [-0.15, -0.1) is 0 Å². The first-order chi connectivity index (χ1) is 8.15. The first-order valence-electron chi connectivity index (χ1n) is 6.98. The van der Waals surface area contributed by atoms with Crippen LogP contribution >= 0.6 is 0 Å². The molecule has 0 bridgehead atoms. The van der Waals surface area contributed by atoms with E-state index in [4.69, 9.17) is 0 Å². The number of likely N-dealkylation sites (tertiary alicyclic amines) is 1. The van der Waals surface area contributed by atoms with Crippen LogP contribution in [0.1, 0.15) is 13.8 Å². The number of nitrogens with one attached hydrogen (secondary N) is 1. The second-order valence-corrected chi connectivity index (χ2v) is 5.88. The number of piperazine rings is 1. The number of nitrogens with zero attached hydrogens (tertiary/aromatic N) is 2. The van der Waals surface area contributed by atoms with Crippen LogP contribution in [-0.4, -0.2) is 73.4 Å². The second-order valence-electron chi connectivity index (χ2n) is 5.88. The largest absolute Gasteiger partial charge is 0.390 e. The minimum Gasteiger partial charge on any atom is -0.390 e. The Kier molecular flexibility index (Phi) is 4.79. The fourth-order valence-corrected chi connectivity index (χ4v) is 2.95. The summed E-state index contributed by atoms with van der Waals surface area (Å²) in [7, 11) is 0. The zero-order chi connectivity index (χ0) is 12.3. The van der Waals surface area contributed by atoms with E-state index in [0.717, 1.165) is 64.2 Å². The maximum absolute atomic E-state index is 10.1. The van der Waals surface area contributed by atoms with Crippen LogP contribution in [0.5, 0.6) is 0 Å². The van der Waals surface area contributed by atoms with E-state index in [1.165, 1.54) is 0 Å². The van der Waals surface area contributed by atoms with E-state index in [2.05, 4.69) is 29.0 Å². The molecule has 100 valence electrons. The summed E-state index contributed by atoms with van der Waals surface area (Å²) in [6.45, 7) is 12.9. The number of β-amino-alcohol motifs (C(OH)–C–C–N with tert-alkyl or cyclic N) is 1. The third-order valence-electron chi connectivity index (χ3n) is 4.21. The zero-order valence-corrected chi connectivity index (χ0v) is 11.2. The normalized spacial score (nSPS) is 34.1. The van der Waals surface area contributed by atoms with Gasteiger partial charge in [0, 0.05) is 52.4 Å². The van der Waals surface area contributed by atoms with Crippen molar-refractivity contribution in [3.05, 3.63) is 0 Å². The van der Waals surface area contributed by atoms with Crippen molar-refractivity contribution >= 4 is 0 Å². The maximum atomic E-state index is 10.1. The standard InChI is InChI=1S/C13H27N3O/c1-11-7-16(8-12(11)2)10-13(17)9-15-5-3-14-4-6-15/h11-14,17H,3-10H2,1-2H3. The lowest BCUT2D eigenvalue weighted by atomic mass is 10.0. The van der Waals surface area contributed by atoms with E-state index in [1.807, 2.05) is 0 Å². The van der Waals surface area contributed by atoms with Gasteiger partial charge >= 0.3 is 0 Å². The molecule has 2 heterocycles. The predicted molar refractivity (Wildman–Crippen MR) is 70.1 cm³/mol. The van der Waals surface area contributed by atoms with E-state index in [9.17, 15) is 5.11 Å². The van der Waals surface area contributed by atoms with Crippen molar-refractivity contribution in [1.82, 2.24) is 15.1 Å². The predicted octanol–water partition coefficient (Wildman–Crippen LogP) is -0.160. The van der Waals surface area contributed by atoms with Gasteiger partial charge in [-0.2, -0.15) is 0 Å². The Balaban J connectivity index is 1.68. The van der Waals surface area contributed by atoms with Gasteiger partial charge in [-0.3, -0.25) is 4.90 Å². The Morgan fingerprint density at radius 2 is 1.59 bits per heavy atom. The Morgan fingerprint density at radius 1 is 1.06 bits per heavy atom. The van der Waals surface area contributed by atoms with E-state index in [0.29, 0.717) is 0 Å². The van der Waals surface area contributed by atoms with Crippen molar-refractivity contribution in [2.24, 2.45) is 11.8 Å². The third-order valence-corrected chi connectivity index (χ3v) is 4.21. The number of aliphatic hydroxyl groups is 1. The van der Waals surface area contributed by atoms with Gasteiger partial charge < -0.3 is 15.3 Å².